The number of para-hydroxylation sites is 2. The minimum Gasteiger partial charge on any atom is -0.486 e. The Morgan fingerprint density at radius 3 is 2.73 bits per heavy atom. The van der Waals surface area contributed by atoms with Crippen LogP contribution in [0, 0.1) is 0 Å². The molecule has 5 rings (SSSR count). The number of aryl methyl sites for hydroxylation is 1. The van der Waals surface area contributed by atoms with Crippen molar-refractivity contribution in [3.63, 3.8) is 0 Å². The fourth-order valence-electron chi connectivity index (χ4n) is 5.00. The molecule has 0 unspecified atom stereocenters. The Labute approximate surface area is 192 Å². The summed E-state index contributed by atoms with van der Waals surface area (Å²) in [6.45, 7) is 2.62. The molecule has 3 aliphatic rings. The van der Waals surface area contributed by atoms with Crippen LogP contribution in [0.25, 0.3) is 0 Å². The van der Waals surface area contributed by atoms with Crippen LogP contribution < -0.4 is 14.8 Å². The van der Waals surface area contributed by atoms with E-state index in [0.717, 1.165) is 28.9 Å². The van der Waals surface area contributed by atoms with Crippen molar-refractivity contribution in [3.8, 4) is 11.5 Å². The van der Waals surface area contributed by atoms with E-state index in [1.165, 1.54) is 0 Å². The van der Waals surface area contributed by atoms with Gasteiger partial charge in [0.25, 0.3) is 5.91 Å². The highest BCUT2D eigenvalue weighted by atomic mass is 16.6. The maximum atomic E-state index is 13.5. The molecule has 0 radical (unpaired) electrons. The highest BCUT2D eigenvalue weighted by molar-refractivity contribution is 6.09. The number of hydrogen-bond donors (Lipinski definition) is 1. The number of nitrogens with zero attached hydrogens (tertiary/aromatic N) is 2. The molecule has 1 spiro atoms. The number of carbonyl (C=O) groups is 3. The average molecular weight is 450 g/mol. The van der Waals surface area contributed by atoms with Crippen LogP contribution in [0.2, 0.25) is 0 Å². The van der Waals surface area contributed by atoms with E-state index in [1.807, 2.05) is 55.5 Å². The summed E-state index contributed by atoms with van der Waals surface area (Å²) in [6, 6.07) is 14.6. The van der Waals surface area contributed by atoms with Gasteiger partial charge in [-0.05, 0) is 49.4 Å². The first-order chi connectivity index (χ1) is 16.0. The number of nitrogens with one attached hydrogen (secondary N) is 1. The van der Waals surface area contributed by atoms with Crippen molar-refractivity contribution in [3.05, 3.63) is 59.7 Å². The Morgan fingerprint density at radius 2 is 1.91 bits per heavy atom. The topological polar surface area (TPSA) is 88.2 Å². The van der Waals surface area contributed by atoms with Crippen LogP contribution in [0.5, 0.6) is 11.5 Å². The van der Waals surface area contributed by atoms with E-state index < -0.39 is 11.6 Å². The fraction of sp³-hybridized carbons (Fsp3) is 0.400. The van der Waals surface area contributed by atoms with Crippen LogP contribution in [-0.2, 0) is 21.5 Å². The summed E-state index contributed by atoms with van der Waals surface area (Å²) in [6.07, 6.45) is 1.87. The smallest absolute Gasteiger partial charge is 0.325 e. The van der Waals surface area contributed by atoms with Crippen LogP contribution in [0.1, 0.15) is 30.9 Å². The lowest BCUT2D eigenvalue weighted by Crippen LogP contribution is -2.49. The Bertz CT molecular complexity index is 1100. The molecule has 1 saturated heterocycles. The number of hydrogen-bond acceptors (Lipinski definition) is 5. The van der Waals surface area contributed by atoms with E-state index in [-0.39, 0.29) is 24.5 Å². The second-order valence-corrected chi connectivity index (χ2v) is 8.67. The van der Waals surface area contributed by atoms with Crippen LogP contribution in [0.3, 0.4) is 0 Å². The van der Waals surface area contributed by atoms with E-state index in [2.05, 4.69) is 5.32 Å². The molecule has 0 saturated carbocycles. The van der Waals surface area contributed by atoms with Crippen molar-refractivity contribution in [2.24, 2.45) is 0 Å². The zero-order chi connectivity index (χ0) is 23.0. The number of fused-ring (bicyclic) bond motifs is 3. The number of carbonyl (C=O) groups excluding carboxylic acids is 3. The molecular formula is C25H27N3O5. The van der Waals surface area contributed by atoms with Crippen molar-refractivity contribution >= 4 is 17.8 Å². The minimum absolute atomic E-state index is 0.299. The lowest BCUT2D eigenvalue weighted by atomic mass is 9.76. The van der Waals surface area contributed by atoms with Crippen molar-refractivity contribution in [2.75, 3.05) is 26.2 Å². The van der Waals surface area contributed by atoms with Crippen molar-refractivity contribution in [2.45, 2.75) is 37.8 Å². The molecule has 1 fully saturated rings. The Kier molecular flexibility index (Phi) is 5.44. The first-order valence-corrected chi connectivity index (χ1v) is 11.4. The molecule has 0 aromatic heterocycles. The Hall–Kier alpha value is -3.55. The molecule has 4 amide bonds. The third kappa shape index (κ3) is 3.69. The van der Waals surface area contributed by atoms with E-state index >= 15 is 0 Å². The van der Waals surface area contributed by atoms with Crippen LogP contribution in [-0.4, -0.2) is 60.0 Å². The predicted octanol–water partition coefficient (Wildman–Crippen LogP) is 2.46. The molecule has 1 aliphatic carbocycles. The molecule has 0 bridgehead atoms. The SMILES string of the molecule is CCN(C[C@H]1COc2ccccc2O1)C(=O)CN1C(=O)N[C@@]2(CCCc3ccccc32)C1=O. The molecule has 2 aliphatic heterocycles. The lowest BCUT2D eigenvalue weighted by molar-refractivity contribution is -0.140. The molecule has 2 atom stereocenters. The first kappa shape index (κ1) is 21.3. The number of imide groups is 1. The van der Waals surface area contributed by atoms with Gasteiger partial charge < -0.3 is 19.7 Å². The predicted molar refractivity (Wildman–Crippen MR) is 120 cm³/mol. The molecule has 8 nitrogen and oxygen atoms in total. The van der Waals surface area contributed by atoms with E-state index in [4.69, 9.17) is 9.47 Å². The molecule has 2 aromatic carbocycles. The number of rotatable bonds is 5. The number of ether oxygens (including phenoxy) is 2. The molecule has 33 heavy (non-hydrogen) atoms. The van der Waals surface area contributed by atoms with Gasteiger partial charge in [0.1, 0.15) is 18.7 Å². The summed E-state index contributed by atoms with van der Waals surface area (Å²) < 4.78 is 11.7. The molecule has 2 heterocycles. The van der Waals surface area contributed by atoms with Crippen molar-refractivity contribution < 1.29 is 23.9 Å². The van der Waals surface area contributed by atoms with Gasteiger partial charge >= 0.3 is 6.03 Å². The van der Waals surface area contributed by atoms with E-state index in [0.29, 0.717) is 37.6 Å². The normalized spacial score (nSPS) is 23.3. The maximum Gasteiger partial charge on any atom is 0.325 e. The highest BCUT2D eigenvalue weighted by Gasteiger charge is 2.54. The summed E-state index contributed by atoms with van der Waals surface area (Å²) in [7, 11) is 0. The number of benzene rings is 2. The molecule has 172 valence electrons. The van der Waals surface area contributed by atoms with Crippen LogP contribution in [0.15, 0.2) is 48.5 Å². The quantitative estimate of drug-likeness (QED) is 0.709. The molecular weight excluding hydrogens is 422 g/mol. The zero-order valence-corrected chi connectivity index (χ0v) is 18.6. The van der Waals surface area contributed by atoms with E-state index in [9.17, 15) is 14.4 Å². The van der Waals surface area contributed by atoms with E-state index in [1.54, 1.807) is 4.90 Å². The van der Waals surface area contributed by atoms with Crippen molar-refractivity contribution in [1.82, 2.24) is 15.1 Å². The summed E-state index contributed by atoms with van der Waals surface area (Å²) in [4.78, 5) is 42.0. The molecule has 8 heteroatoms. The second-order valence-electron chi connectivity index (χ2n) is 8.67. The van der Waals surface area contributed by atoms with Gasteiger partial charge in [-0.2, -0.15) is 0 Å². The minimum atomic E-state index is -1.08. The Morgan fingerprint density at radius 1 is 1.15 bits per heavy atom. The van der Waals surface area contributed by atoms with Gasteiger partial charge in [-0.1, -0.05) is 36.4 Å². The van der Waals surface area contributed by atoms with Crippen LogP contribution >= 0.6 is 0 Å². The average Bonchev–Trinajstić information content (AvgIpc) is 3.07. The third-order valence-corrected chi connectivity index (χ3v) is 6.67. The zero-order valence-electron chi connectivity index (χ0n) is 18.6. The summed E-state index contributed by atoms with van der Waals surface area (Å²) in [5.41, 5.74) is 0.826. The number of urea groups is 1. The van der Waals surface area contributed by atoms with Gasteiger partial charge in [0.15, 0.2) is 17.6 Å². The van der Waals surface area contributed by atoms with Gasteiger partial charge in [-0.15, -0.1) is 0 Å². The van der Waals surface area contributed by atoms with Gasteiger partial charge in [0.2, 0.25) is 5.91 Å². The first-order valence-electron chi connectivity index (χ1n) is 11.4. The summed E-state index contributed by atoms with van der Waals surface area (Å²) in [5.74, 6) is 0.671. The largest absolute Gasteiger partial charge is 0.486 e. The standard InChI is InChI=1S/C25H27N3O5/c1-2-27(14-18-16-32-20-11-5-6-12-21(20)33-18)22(29)15-28-23(30)25(26-24(28)31)13-7-9-17-8-3-4-10-19(17)25/h3-6,8,10-12,18H,2,7,9,13-16H2,1H3,(H,26,31)/t18-,25+/m0/s1. The maximum absolute atomic E-state index is 13.5. The third-order valence-electron chi connectivity index (χ3n) is 6.67. The monoisotopic (exact) mass is 449 g/mol. The van der Waals surface area contributed by atoms with Gasteiger partial charge in [0, 0.05) is 6.54 Å². The van der Waals surface area contributed by atoms with Crippen molar-refractivity contribution in [1.29, 1.82) is 0 Å². The summed E-state index contributed by atoms with van der Waals surface area (Å²) in [5, 5.41) is 2.90. The fourth-order valence-corrected chi connectivity index (χ4v) is 5.00. The highest BCUT2D eigenvalue weighted by Crippen LogP contribution is 2.40. The van der Waals surface area contributed by atoms with Gasteiger partial charge in [-0.3, -0.25) is 14.5 Å². The molecule has 2 aromatic rings. The van der Waals surface area contributed by atoms with Crippen LogP contribution in [0.4, 0.5) is 4.79 Å². The number of likely N-dealkylation sites (N-methyl/N-ethyl adjacent to an activating group) is 1. The number of amides is 4. The molecule has 1 N–H and O–H groups in total. The van der Waals surface area contributed by atoms with Gasteiger partial charge in [0.05, 0.1) is 6.54 Å². The van der Waals surface area contributed by atoms with Gasteiger partial charge in [-0.25, -0.2) is 4.79 Å². The second kappa shape index (κ2) is 8.42. The lowest BCUT2D eigenvalue weighted by Gasteiger charge is -2.33. The summed E-state index contributed by atoms with van der Waals surface area (Å²) >= 11 is 0. The Balaban J connectivity index is 1.28.